The smallest absolute Gasteiger partial charge is 0.407 e. The molecule has 0 saturated carbocycles. The maximum absolute atomic E-state index is 11.6. The first-order valence-corrected chi connectivity index (χ1v) is 7.14. The number of carbonyl (C=O) groups excluding carboxylic acids is 2. The molecule has 0 aliphatic rings. The second-order valence-electron chi connectivity index (χ2n) is 5.79. The minimum atomic E-state index is -0.503. The molecule has 21 heavy (non-hydrogen) atoms. The summed E-state index contributed by atoms with van der Waals surface area (Å²) in [6.45, 7) is 6.38. The number of carbonyl (C=O) groups is 2. The molecule has 5 nitrogen and oxygen atoms in total. The Morgan fingerprint density at radius 2 is 1.76 bits per heavy atom. The topological polar surface area (TPSA) is 67.4 Å². The van der Waals surface area contributed by atoms with Crippen LogP contribution in [-0.4, -0.2) is 24.1 Å². The van der Waals surface area contributed by atoms with Crippen molar-refractivity contribution in [1.82, 2.24) is 10.6 Å². The molecule has 1 rings (SSSR count). The number of nitrogens with one attached hydrogen (secondary N) is 2. The summed E-state index contributed by atoms with van der Waals surface area (Å²) in [6.07, 6.45) is 0.509. The van der Waals surface area contributed by atoms with Gasteiger partial charge in [-0.1, -0.05) is 30.3 Å². The maximum atomic E-state index is 11.6. The highest BCUT2D eigenvalue weighted by Gasteiger charge is 2.15. The van der Waals surface area contributed by atoms with Crippen LogP contribution in [0.4, 0.5) is 4.79 Å². The van der Waals surface area contributed by atoms with Crippen LogP contribution in [0.5, 0.6) is 0 Å². The highest BCUT2D eigenvalue weighted by Crippen LogP contribution is 2.06. The van der Waals surface area contributed by atoms with Crippen molar-refractivity contribution in [1.29, 1.82) is 0 Å². The zero-order valence-corrected chi connectivity index (χ0v) is 12.9. The lowest BCUT2D eigenvalue weighted by atomic mass is 10.2. The van der Waals surface area contributed by atoms with Crippen molar-refractivity contribution in [3.05, 3.63) is 35.9 Å². The van der Waals surface area contributed by atoms with Gasteiger partial charge in [-0.15, -0.1) is 0 Å². The minimum absolute atomic E-state index is 0.0233. The Labute approximate surface area is 126 Å². The average molecular weight is 292 g/mol. The molecule has 0 fully saturated rings. The third-order valence-electron chi connectivity index (χ3n) is 2.58. The lowest BCUT2D eigenvalue weighted by molar-refractivity contribution is -0.121. The van der Waals surface area contributed by atoms with Gasteiger partial charge in [-0.3, -0.25) is 4.79 Å². The summed E-state index contributed by atoms with van der Waals surface area (Å²) in [7, 11) is 0. The molecule has 0 heterocycles. The third kappa shape index (κ3) is 8.68. The highest BCUT2D eigenvalue weighted by atomic mass is 16.6. The number of ether oxygens (including phenoxy) is 1. The Morgan fingerprint density at radius 3 is 2.38 bits per heavy atom. The van der Waals surface area contributed by atoms with Crippen LogP contribution in [0, 0.1) is 0 Å². The molecule has 0 bridgehead atoms. The quantitative estimate of drug-likeness (QED) is 0.792. The summed E-state index contributed by atoms with van der Waals surface area (Å²) in [5.41, 5.74) is 0.565. The number of alkyl carbamates (subject to hydrolysis) is 1. The monoisotopic (exact) mass is 292 g/mol. The first kappa shape index (κ1) is 17.0. The molecule has 0 aliphatic carbocycles. The normalized spacial score (nSPS) is 10.8. The number of amides is 2. The fraction of sp³-hybridized carbons (Fsp3) is 0.500. The molecule has 1 aromatic carbocycles. The standard InChI is InChI=1S/C16H24N2O3/c1-16(2,3)21-15(20)17-11-7-10-14(19)18-12-13-8-5-4-6-9-13/h4-6,8-9H,7,10-12H2,1-3H3,(H,17,20)(H,18,19). The van der Waals surface area contributed by atoms with E-state index in [1.807, 2.05) is 51.1 Å². The van der Waals surface area contributed by atoms with Gasteiger partial charge in [-0.05, 0) is 32.8 Å². The second-order valence-corrected chi connectivity index (χ2v) is 5.79. The fourth-order valence-corrected chi connectivity index (χ4v) is 1.64. The minimum Gasteiger partial charge on any atom is -0.444 e. The molecule has 2 N–H and O–H groups in total. The van der Waals surface area contributed by atoms with E-state index in [-0.39, 0.29) is 5.91 Å². The van der Waals surface area contributed by atoms with Crippen molar-refractivity contribution in [3.8, 4) is 0 Å². The van der Waals surface area contributed by atoms with Crippen molar-refractivity contribution >= 4 is 12.0 Å². The maximum Gasteiger partial charge on any atom is 0.407 e. The lowest BCUT2D eigenvalue weighted by Gasteiger charge is -2.19. The Morgan fingerprint density at radius 1 is 1.10 bits per heavy atom. The molecule has 0 unspecified atom stereocenters. The zero-order valence-electron chi connectivity index (χ0n) is 12.9. The van der Waals surface area contributed by atoms with Crippen molar-refractivity contribution in [3.63, 3.8) is 0 Å². The molecule has 116 valence electrons. The first-order valence-electron chi connectivity index (χ1n) is 7.14. The van der Waals surface area contributed by atoms with E-state index in [1.165, 1.54) is 0 Å². The second kappa shape index (κ2) is 8.29. The van der Waals surface area contributed by atoms with Crippen molar-refractivity contribution < 1.29 is 14.3 Å². The summed E-state index contributed by atoms with van der Waals surface area (Å²) in [5.74, 6) is -0.0233. The van der Waals surface area contributed by atoms with Gasteiger partial charge in [0.25, 0.3) is 0 Å². The van der Waals surface area contributed by atoms with Crippen molar-refractivity contribution in [2.45, 2.75) is 45.8 Å². The molecule has 2 amide bonds. The molecule has 0 aliphatic heterocycles. The van der Waals surface area contributed by atoms with E-state index in [1.54, 1.807) is 0 Å². The van der Waals surface area contributed by atoms with E-state index in [4.69, 9.17) is 4.74 Å². The largest absolute Gasteiger partial charge is 0.444 e. The van der Waals surface area contributed by atoms with Gasteiger partial charge in [0.2, 0.25) is 5.91 Å². The van der Waals surface area contributed by atoms with E-state index in [9.17, 15) is 9.59 Å². The van der Waals surface area contributed by atoms with Gasteiger partial charge >= 0.3 is 6.09 Å². The third-order valence-corrected chi connectivity index (χ3v) is 2.58. The van der Waals surface area contributed by atoms with Crippen LogP contribution in [0.2, 0.25) is 0 Å². The molecule has 0 saturated heterocycles. The predicted molar refractivity (Wildman–Crippen MR) is 81.8 cm³/mol. The van der Waals surface area contributed by atoms with Gasteiger partial charge in [0.15, 0.2) is 0 Å². The Hall–Kier alpha value is -2.04. The lowest BCUT2D eigenvalue weighted by Crippen LogP contribution is -2.33. The molecule has 0 aromatic heterocycles. The van der Waals surface area contributed by atoms with Crippen LogP contribution in [0.25, 0.3) is 0 Å². The van der Waals surface area contributed by atoms with Crippen molar-refractivity contribution in [2.24, 2.45) is 0 Å². The molecule has 0 spiro atoms. The van der Waals surface area contributed by atoms with Gasteiger partial charge in [0.1, 0.15) is 5.60 Å². The summed E-state index contributed by atoms with van der Waals surface area (Å²) in [4.78, 5) is 23.0. The predicted octanol–water partition coefficient (Wildman–Crippen LogP) is 2.61. The Bertz CT molecular complexity index is 452. The van der Waals surface area contributed by atoms with Crippen LogP contribution in [0.3, 0.4) is 0 Å². The van der Waals surface area contributed by atoms with Gasteiger partial charge < -0.3 is 15.4 Å². The van der Waals surface area contributed by atoms with Gasteiger partial charge in [0, 0.05) is 19.5 Å². The fourth-order valence-electron chi connectivity index (χ4n) is 1.64. The van der Waals surface area contributed by atoms with E-state index in [0.29, 0.717) is 25.9 Å². The average Bonchev–Trinajstić information content (AvgIpc) is 2.40. The summed E-state index contributed by atoms with van der Waals surface area (Å²) < 4.78 is 5.10. The van der Waals surface area contributed by atoms with Crippen LogP contribution in [-0.2, 0) is 16.1 Å². The highest BCUT2D eigenvalue weighted by molar-refractivity contribution is 5.76. The number of hydrogen-bond donors (Lipinski definition) is 2. The van der Waals surface area contributed by atoms with Crippen LogP contribution in [0.15, 0.2) is 30.3 Å². The van der Waals surface area contributed by atoms with Crippen LogP contribution in [0.1, 0.15) is 39.2 Å². The summed E-state index contributed by atoms with van der Waals surface area (Å²) >= 11 is 0. The number of benzene rings is 1. The van der Waals surface area contributed by atoms with Crippen molar-refractivity contribution in [2.75, 3.05) is 6.54 Å². The SMILES string of the molecule is CC(C)(C)OC(=O)NCCCC(=O)NCc1ccccc1. The molecule has 0 atom stereocenters. The van der Waals surface area contributed by atoms with Crippen LogP contribution < -0.4 is 10.6 Å². The zero-order chi connectivity index (χ0) is 15.7. The first-order chi connectivity index (χ1) is 9.87. The molecule has 1 aromatic rings. The van der Waals surface area contributed by atoms with E-state index < -0.39 is 11.7 Å². The summed E-state index contributed by atoms with van der Waals surface area (Å²) in [6, 6.07) is 9.74. The Balaban J connectivity index is 2.10. The summed E-state index contributed by atoms with van der Waals surface area (Å²) in [5, 5.41) is 5.47. The molecule has 5 heteroatoms. The van der Waals surface area contributed by atoms with Gasteiger partial charge in [-0.2, -0.15) is 0 Å². The van der Waals surface area contributed by atoms with Gasteiger partial charge in [0.05, 0.1) is 0 Å². The van der Waals surface area contributed by atoms with E-state index >= 15 is 0 Å². The number of hydrogen-bond acceptors (Lipinski definition) is 3. The van der Waals surface area contributed by atoms with Crippen LogP contribution >= 0.6 is 0 Å². The molecule has 0 radical (unpaired) electrons. The molecular weight excluding hydrogens is 268 g/mol. The number of rotatable bonds is 6. The van der Waals surface area contributed by atoms with E-state index in [0.717, 1.165) is 5.56 Å². The Kier molecular flexibility index (Phi) is 6.72. The van der Waals surface area contributed by atoms with Gasteiger partial charge in [-0.25, -0.2) is 4.79 Å². The van der Waals surface area contributed by atoms with E-state index in [2.05, 4.69) is 10.6 Å². The molecular formula is C16H24N2O3.